The molecule has 1 aromatic heterocycles. The second-order valence-corrected chi connectivity index (χ2v) is 15.3. The zero-order chi connectivity index (χ0) is 42.4. The predicted molar refractivity (Wildman–Crippen MR) is 185 cm³/mol. The SMILES string of the molecule is CC(=O)OC[C@]12[C@H](OC(C)=O)[C@H](OC(C)=O)[C@@H]3[C@@H](OC(C)=O)[C@@]14O[C@@]3(C)COC(=O)c1cccnc1CC[C@@H](C)C(=O)O[C@@H]([C@H](OC(C)=O)[C@@H]2OC(C)=O)[C@@]4(C)O. The number of nitrogens with zero attached hydrogens (tertiary/aromatic N) is 1. The Balaban J connectivity index is 1.99. The number of hydrogen-bond donors (Lipinski definition) is 1. The van der Waals surface area contributed by atoms with Gasteiger partial charge in [-0.1, -0.05) is 6.92 Å². The van der Waals surface area contributed by atoms with Gasteiger partial charge in [-0.05, 0) is 38.8 Å². The first-order chi connectivity index (χ1) is 26.5. The third-order valence-electron chi connectivity index (χ3n) is 11.1. The molecule has 0 amide bonds. The second kappa shape index (κ2) is 15.6. The highest BCUT2D eigenvalue weighted by Gasteiger charge is 2.92. The molecular weight excluding hydrogens is 758 g/mol. The Morgan fingerprint density at radius 2 is 1.35 bits per heavy atom. The Bertz CT molecular complexity index is 1840. The van der Waals surface area contributed by atoms with Crippen molar-refractivity contribution in [2.45, 2.75) is 129 Å². The minimum absolute atomic E-state index is 0.0290. The lowest BCUT2D eigenvalue weighted by Crippen LogP contribution is -2.89. The van der Waals surface area contributed by atoms with Crippen molar-refractivity contribution in [2.24, 2.45) is 17.3 Å². The lowest BCUT2D eigenvalue weighted by molar-refractivity contribution is -0.386. The molecular formula is C38H47NO18. The van der Waals surface area contributed by atoms with Gasteiger partial charge in [-0.15, -0.1) is 0 Å². The van der Waals surface area contributed by atoms with Crippen LogP contribution in [0.1, 0.15) is 84.8 Å². The van der Waals surface area contributed by atoms with E-state index in [1.165, 1.54) is 32.2 Å². The molecule has 1 N–H and O–H groups in total. The van der Waals surface area contributed by atoms with E-state index >= 15 is 0 Å². The van der Waals surface area contributed by atoms with Gasteiger partial charge in [-0.25, -0.2) is 4.79 Å². The van der Waals surface area contributed by atoms with Gasteiger partial charge >= 0.3 is 47.8 Å². The van der Waals surface area contributed by atoms with E-state index in [9.17, 15) is 43.5 Å². The van der Waals surface area contributed by atoms with E-state index in [-0.39, 0.29) is 24.1 Å². The molecule has 4 aliphatic rings. The van der Waals surface area contributed by atoms with Crippen molar-refractivity contribution in [1.82, 2.24) is 4.98 Å². The van der Waals surface area contributed by atoms with E-state index in [2.05, 4.69) is 4.98 Å². The van der Waals surface area contributed by atoms with Gasteiger partial charge < -0.3 is 47.7 Å². The molecule has 5 rings (SSSR count). The van der Waals surface area contributed by atoms with Crippen LogP contribution in [0.25, 0.3) is 0 Å². The van der Waals surface area contributed by atoms with Crippen LogP contribution in [-0.4, -0.2) is 124 Å². The Labute approximate surface area is 327 Å². The summed E-state index contributed by atoms with van der Waals surface area (Å²) in [6.07, 6.45) is -10.3. The van der Waals surface area contributed by atoms with Crippen LogP contribution in [0.4, 0.5) is 0 Å². The Morgan fingerprint density at radius 3 is 1.91 bits per heavy atom. The topological polar surface area (TPSA) is 253 Å². The molecule has 57 heavy (non-hydrogen) atoms. The molecule has 19 heteroatoms. The quantitative estimate of drug-likeness (QED) is 0.296. The van der Waals surface area contributed by atoms with E-state index in [0.29, 0.717) is 0 Å². The normalized spacial score (nSPS) is 37.1. The maximum atomic E-state index is 14.1. The number of aromatic nitrogens is 1. The monoisotopic (exact) mass is 805 g/mol. The summed E-state index contributed by atoms with van der Waals surface area (Å²) in [6, 6.07) is 2.95. The van der Waals surface area contributed by atoms with Crippen LogP contribution >= 0.6 is 0 Å². The van der Waals surface area contributed by atoms with Crippen LogP contribution in [0.15, 0.2) is 18.3 Å². The summed E-state index contributed by atoms with van der Waals surface area (Å²) in [7, 11) is 0. The smallest absolute Gasteiger partial charge is 0.340 e. The fourth-order valence-electron chi connectivity index (χ4n) is 9.16. The molecule has 0 aromatic carbocycles. The summed E-state index contributed by atoms with van der Waals surface area (Å²) in [5.74, 6) is -10.5. The maximum absolute atomic E-state index is 14.1. The van der Waals surface area contributed by atoms with Crippen LogP contribution in [0.2, 0.25) is 0 Å². The average Bonchev–Trinajstić information content (AvgIpc) is 3.32. The second-order valence-electron chi connectivity index (χ2n) is 15.3. The molecule has 1 spiro atoms. The van der Waals surface area contributed by atoms with Gasteiger partial charge in [0.15, 0.2) is 30.0 Å². The maximum Gasteiger partial charge on any atom is 0.340 e. The molecule has 3 heterocycles. The first kappa shape index (κ1) is 43.0. The molecule has 4 bridgehead atoms. The Kier molecular flexibility index (Phi) is 11.8. The van der Waals surface area contributed by atoms with Crippen LogP contribution in [0.3, 0.4) is 0 Å². The molecule has 2 aliphatic heterocycles. The average molecular weight is 806 g/mol. The number of carbonyl (C=O) groups is 8. The van der Waals surface area contributed by atoms with E-state index in [4.69, 9.17) is 42.6 Å². The molecule has 312 valence electrons. The summed E-state index contributed by atoms with van der Waals surface area (Å²) in [6.45, 7) is 8.15. The molecule has 2 aliphatic carbocycles. The molecule has 19 nitrogen and oxygen atoms in total. The molecule has 0 unspecified atom stereocenters. The number of rotatable bonds is 7. The van der Waals surface area contributed by atoms with Gasteiger partial charge in [-0.3, -0.25) is 38.5 Å². The number of fused-ring (bicyclic) bond motifs is 5. The third-order valence-corrected chi connectivity index (χ3v) is 11.1. The summed E-state index contributed by atoms with van der Waals surface area (Å²) >= 11 is 0. The van der Waals surface area contributed by atoms with Crippen LogP contribution in [-0.2, 0) is 82.6 Å². The van der Waals surface area contributed by atoms with Crippen molar-refractivity contribution >= 4 is 47.8 Å². The molecule has 1 saturated heterocycles. The standard InChI is InChI=1S/C38H47NO18/c1-17-12-13-25-24(11-10-14-39-25)34(47)50-15-35(8)26-27(51-19(3)41)31(54-22(6)44)37(16-49-18(2)40)32(55-23(7)45)28(52-20(4)42)30(56-33(17)46)36(9,48)38(37,57-35)29(26)53-21(5)43/h10-11,14,17,26-32,48H,12-13,15-16H2,1-9H3/t17-,26-,27-,28+,29-,30+,31-,32+,35+,36-,37-,38+/m1/s1. The Hall–Kier alpha value is -5.17. The van der Waals surface area contributed by atoms with Gasteiger partial charge in [-0.2, -0.15) is 0 Å². The first-order valence-corrected chi connectivity index (χ1v) is 18.3. The Morgan fingerprint density at radius 1 is 0.807 bits per heavy atom. The first-order valence-electron chi connectivity index (χ1n) is 18.3. The van der Waals surface area contributed by atoms with Crippen molar-refractivity contribution in [3.8, 4) is 0 Å². The number of carbonyl (C=O) groups excluding carboxylic acids is 8. The van der Waals surface area contributed by atoms with Crippen molar-refractivity contribution < 1.29 is 86.1 Å². The van der Waals surface area contributed by atoms with Crippen molar-refractivity contribution in [1.29, 1.82) is 0 Å². The lowest BCUT2D eigenvalue weighted by Gasteiger charge is -2.67. The van der Waals surface area contributed by atoms with Crippen molar-refractivity contribution in [3.05, 3.63) is 29.6 Å². The summed E-state index contributed by atoms with van der Waals surface area (Å²) in [5, 5.41) is 13.4. The van der Waals surface area contributed by atoms with Crippen molar-refractivity contribution in [3.63, 3.8) is 0 Å². The van der Waals surface area contributed by atoms with Gasteiger partial charge in [0.05, 0.1) is 23.1 Å². The molecule has 3 fully saturated rings. The fourth-order valence-corrected chi connectivity index (χ4v) is 9.16. The number of pyridine rings is 1. The minimum Gasteiger partial charge on any atom is -0.465 e. The third kappa shape index (κ3) is 7.30. The number of cyclic esters (lactones) is 1. The van der Waals surface area contributed by atoms with E-state index in [1.54, 1.807) is 0 Å². The summed E-state index contributed by atoms with van der Waals surface area (Å²) in [5.41, 5.74) is -9.87. The van der Waals surface area contributed by atoms with E-state index in [1.807, 2.05) is 0 Å². The van der Waals surface area contributed by atoms with E-state index in [0.717, 1.165) is 48.5 Å². The lowest BCUT2D eigenvalue weighted by atomic mass is 9.45. The fraction of sp³-hybridized carbons (Fsp3) is 0.658. The van der Waals surface area contributed by atoms with Crippen LogP contribution in [0.5, 0.6) is 0 Å². The van der Waals surface area contributed by atoms with Crippen molar-refractivity contribution in [2.75, 3.05) is 13.2 Å². The molecule has 2 saturated carbocycles. The summed E-state index contributed by atoms with van der Waals surface area (Å²) in [4.78, 5) is 111. The van der Waals surface area contributed by atoms with Gasteiger partial charge in [0.2, 0.25) is 0 Å². The number of ether oxygens (including phenoxy) is 9. The van der Waals surface area contributed by atoms with Gasteiger partial charge in [0, 0.05) is 47.7 Å². The largest absolute Gasteiger partial charge is 0.465 e. The van der Waals surface area contributed by atoms with Crippen LogP contribution < -0.4 is 0 Å². The zero-order valence-corrected chi connectivity index (χ0v) is 33.0. The molecule has 0 radical (unpaired) electrons. The number of aryl methyl sites for hydroxylation is 1. The molecule has 12 atom stereocenters. The highest BCUT2D eigenvalue weighted by Crippen LogP contribution is 2.70. The van der Waals surface area contributed by atoms with Gasteiger partial charge in [0.25, 0.3) is 0 Å². The number of aliphatic hydroxyl groups is 1. The zero-order valence-electron chi connectivity index (χ0n) is 33.0. The molecule has 1 aromatic rings. The number of esters is 8. The highest BCUT2D eigenvalue weighted by atomic mass is 16.7. The number of hydrogen-bond acceptors (Lipinski definition) is 19. The summed E-state index contributed by atoms with van der Waals surface area (Å²) < 4.78 is 54.2. The van der Waals surface area contributed by atoms with Gasteiger partial charge in [0.1, 0.15) is 42.0 Å². The van der Waals surface area contributed by atoms with E-state index < -0.39 is 132 Å². The highest BCUT2D eigenvalue weighted by molar-refractivity contribution is 5.90. The van der Waals surface area contributed by atoms with Crippen LogP contribution in [0, 0.1) is 17.3 Å². The minimum atomic E-state index is -2.80. The predicted octanol–water partition coefficient (Wildman–Crippen LogP) is 0.863.